The summed E-state index contributed by atoms with van der Waals surface area (Å²) < 4.78 is 3.94. The summed E-state index contributed by atoms with van der Waals surface area (Å²) in [5.41, 5.74) is 9.61. The number of likely N-dealkylation sites (N-methyl/N-ethyl adjacent to an activating group) is 1. The van der Waals surface area contributed by atoms with Crippen LogP contribution in [0.15, 0.2) is 63.9 Å². The molecular formula is C32H41N9. The number of rotatable bonds is 9. The van der Waals surface area contributed by atoms with Crippen molar-refractivity contribution in [1.82, 2.24) is 24.5 Å². The molecule has 3 heterocycles. The van der Waals surface area contributed by atoms with Crippen molar-refractivity contribution in [2.75, 3.05) is 32.5 Å². The van der Waals surface area contributed by atoms with Crippen molar-refractivity contribution in [3.63, 3.8) is 0 Å². The first kappa shape index (κ1) is 28.4. The highest BCUT2D eigenvalue weighted by Crippen LogP contribution is 2.43. The molecule has 1 atom stereocenters. The first-order valence-corrected chi connectivity index (χ1v) is 14.5. The van der Waals surface area contributed by atoms with E-state index < -0.39 is 0 Å². The van der Waals surface area contributed by atoms with E-state index >= 15 is 0 Å². The Kier molecular flexibility index (Phi) is 8.73. The monoisotopic (exact) mass is 551 g/mol. The fourth-order valence-electron chi connectivity index (χ4n) is 5.54. The van der Waals surface area contributed by atoms with Crippen molar-refractivity contribution in [3.8, 4) is 11.3 Å². The fraction of sp³-hybridized carbons (Fsp3) is 0.406. The maximum atomic E-state index is 7.95. The molecular weight excluding hydrogens is 510 g/mol. The van der Waals surface area contributed by atoms with E-state index in [9.17, 15) is 0 Å². The number of aromatic nitrogens is 4. The Bertz CT molecular complexity index is 1510. The summed E-state index contributed by atoms with van der Waals surface area (Å²) in [5.74, 6) is 1.64. The molecule has 2 aromatic heterocycles. The van der Waals surface area contributed by atoms with E-state index in [1.807, 2.05) is 55.2 Å². The second-order valence-electron chi connectivity index (χ2n) is 11.0. The molecule has 9 nitrogen and oxygen atoms in total. The number of aryl methyl sites for hydroxylation is 3. The maximum Gasteiger partial charge on any atom is 0.153 e. The lowest BCUT2D eigenvalue weighted by atomic mass is 9.81. The van der Waals surface area contributed by atoms with Crippen molar-refractivity contribution >= 4 is 29.7 Å². The molecule has 1 aromatic carbocycles. The summed E-state index contributed by atoms with van der Waals surface area (Å²) >= 11 is 0. The normalized spacial score (nSPS) is 17.4. The number of benzene rings is 1. The average molecular weight is 552 g/mol. The average Bonchev–Trinajstić information content (AvgIpc) is 3.56. The Balaban J connectivity index is 1.43. The van der Waals surface area contributed by atoms with Crippen LogP contribution in [0.4, 0.5) is 5.82 Å². The minimum absolute atomic E-state index is 0.131. The molecule has 1 aliphatic heterocycles. The van der Waals surface area contributed by atoms with Crippen LogP contribution in [0, 0.1) is 5.41 Å². The second-order valence-corrected chi connectivity index (χ2v) is 11.0. The van der Waals surface area contributed by atoms with Gasteiger partial charge in [0.15, 0.2) is 5.82 Å². The highest BCUT2D eigenvalue weighted by atomic mass is 15.3. The Morgan fingerprint density at radius 2 is 1.90 bits per heavy atom. The molecule has 0 saturated heterocycles. The van der Waals surface area contributed by atoms with Gasteiger partial charge in [-0.2, -0.15) is 10.2 Å². The van der Waals surface area contributed by atoms with E-state index in [1.54, 1.807) is 0 Å². The smallest absolute Gasteiger partial charge is 0.153 e. The molecule has 0 fully saturated rings. The van der Waals surface area contributed by atoms with Gasteiger partial charge in [0.25, 0.3) is 0 Å². The van der Waals surface area contributed by atoms with Gasteiger partial charge in [0, 0.05) is 68.6 Å². The van der Waals surface area contributed by atoms with Crippen molar-refractivity contribution in [3.05, 3.63) is 70.7 Å². The number of nitrogens with one attached hydrogen (secondary N) is 2. The lowest BCUT2D eigenvalue weighted by Crippen LogP contribution is -2.15. The van der Waals surface area contributed by atoms with E-state index in [0.717, 1.165) is 79.5 Å². The Hall–Kier alpha value is -4.11. The molecule has 0 amide bonds. The van der Waals surface area contributed by atoms with Gasteiger partial charge in [-0.1, -0.05) is 29.8 Å². The molecule has 0 radical (unpaired) electrons. The van der Waals surface area contributed by atoms with Crippen molar-refractivity contribution in [1.29, 1.82) is 5.41 Å². The van der Waals surface area contributed by atoms with Crippen LogP contribution in [0.25, 0.3) is 16.8 Å². The Labute approximate surface area is 242 Å². The second kappa shape index (κ2) is 12.6. The van der Waals surface area contributed by atoms with Gasteiger partial charge in [-0.05, 0) is 63.9 Å². The zero-order valence-corrected chi connectivity index (χ0v) is 24.9. The number of aliphatic imine (C=N–C) groups is 2. The van der Waals surface area contributed by atoms with Gasteiger partial charge in [-0.3, -0.25) is 14.4 Å². The number of hydrogen-bond donors (Lipinski definition) is 2. The maximum absolute atomic E-state index is 7.95. The molecule has 1 unspecified atom stereocenters. The fourth-order valence-corrected chi connectivity index (χ4v) is 5.54. The van der Waals surface area contributed by atoms with Crippen LogP contribution < -0.4 is 5.32 Å². The van der Waals surface area contributed by atoms with E-state index in [2.05, 4.69) is 58.4 Å². The highest BCUT2D eigenvalue weighted by Gasteiger charge is 2.29. The minimum Gasteiger partial charge on any atom is -0.327 e. The molecule has 0 spiro atoms. The number of allylic oxidation sites excluding steroid dienone is 3. The molecule has 3 aromatic rings. The highest BCUT2D eigenvalue weighted by molar-refractivity contribution is 5.97. The van der Waals surface area contributed by atoms with Gasteiger partial charge < -0.3 is 15.6 Å². The largest absolute Gasteiger partial charge is 0.327 e. The number of hydrogen-bond acceptors (Lipinski definition) is 7. The molecule has 1 aliphatic carbocycles. The molecule has 2 aliphatic rings. The predicted octanol–water partition coefficient (Wildman–Crippen LogP) is 5.58. The molecule has 0 bridgehead atoms. The molecule has 214 valence electrons. The van der Waals surface area contributed by atoms with Gasteiger partial charge in [-0.15, -0.1) is 0 Å². The zero-order chi connectivity index (χ0) is 28.9. The van der Waals surface area contributed by atoms with E-state index in [1.165, 1.54) is 28.5 Å². The van der Waals surface area contributed by atoms with Crippen LogP contribution in [0.5, 0.6) is 0 Å². The van der Waals surface area contributed by atoms with Crippen LogP contribution in [0.3, 0.4) is 0 Å². The van der Waals surface area contributed by atoms with Crippen LogP contribution in [-0.4, -0.2) is 69.9 Å². The minimum atomic E-state index is -0.131. The summed E-state index contributed by atoms with van der Waals surface area (Å²) in [6.07, 6.45) is 10.9. The summed E-state index contributed by atoms with van der Waals surface area (Å²) in [6, 6.07) is 10.5. The standard InChI is InChI=1S/C32H41N9/c1-6-41-17-15-29(38-41)36-28-14-7-22(2)30-25(21-35-28)12-13-27-31(30)32(40(5)37-27)24-10-8-23(9-11-24)26(19-33)20-34-16-18-39(3)4/h8-11,15,17,19-21,26,33H,6-7,12-14,16,18H2,1-5H3,(H,35,36,38)/b25-21-,30-22?,33-19?,34-20?. The first-order valence-electron chi connectivity index (χ1n) is 14.5. The number of amidine groups is 1. The van der Waals surface area contributed by atoms with Gasteiger partial charge in [0.2, 0.25) is 0 Å². The van der Waals surface area contributed by atoms with Crippen molar-refractivity contribution < 1.29 is 0 Å². The lowest BCUT2D eigenvalue weighted by molar-refractivity contribution is 0.420. The molecule has 41 heavy (non-hydrogen) atoms. The third kappa shape index (κ3) is 6.30. The van der Waals surface area contributed by atoms with Gasteiger partial charge in [0.1, 0.15) is 5.84 Å². The van der Waals surface area contributed by atoms with Crippen LogP contribution in [0.1, 0.15) is 55.8 Å². The molecule has 2 N–H and O–H groups in total. The summed E-state index contributed by atoms with van der Waals surface area (Å²) in [4.78, 5) is 11.5. The van der Waals surface area contributed by atoms with Gasteiger partial charge in [-0.25, -0.2) is 4.99 Å². The SMILES string of the molecule is CCn1ccc(NC2=N/C=C3/CCc4nn(C)c(-c5ccc(C(C=N)C=NCCN(C)C)cc5)c4C3=C(C)CC2)n1. The van der Waals surface area contributed by atoms with Crippen LogP contribution in [-0.2, 0) is 20.0 Å². The van der Waals surface area contributed by atoms with E-state index in [4.69, 9.17) is 15.5 Å². The first-order chi connectivity index (χ1) is 19.9. The van der Waals surface area contributed by atoms with Crippen molar-refractivity contribution in [2.45, 2.75) is 52.0 Å². The summed E-state index contributed by atoms with van der Waals surface area (Å²) in [6.45, 7) is 6.80. The van der Waals surface area contributed by atoms with Crippen molar-refractivity contribution in [2.24, 2.45) is 17.0 Å². The predicted molar refractivity (Wildman–Crippen MR) is 169 cm³/mol. The quantitative estimate of drug-likeness (QED) is 0.339. The Morgan fingerprint density at radius 1 is 1.10 bits per heavy atom. The lowest BCUT2D eigenvalue weighted by Gasteiger charge is -2.24. The number of anilines is 1. The van der Waals surface area contributed by atoms with Crippen LogP contribution >= 0.6 is 0 Å². The Morgan fingerprint density at radius 3 is 2.61 bits per heavy atom. The summed E-state index contributed by atoms with van der Waals surface area (Å²) in [7, 11) is 6.12. The van der Waals surface area contributed by atoms with Gasteiger partial charge >= 0.3 is 0 Å². The number of nitrogens with zero attached hydrogens (tertiary/aromatic N) is 7. The third-order valence-corrected chi connectivity index (χ3v) is 7.79. The van der Waals surface area contributed by atoms with E-state index in [-0.39, 0.29) is 5.92 Å². The number of fused-ring (bicyclic) bond motifs is 3. The topological polar surface area (TPSA) is 99.5 Å². The summed E-state index contributed by atoms with van der Waals surface area (Å²) in [5, 5.41) is 20.9. The van der Waals surface area contributed by atoms with Crippen LogP contribution in [0.2, 0.25) is 0 Å². The molecule has 9 heteroatoms. The molecule has 5 rings (SSSR count). The van der Waals surface area contributed by atoms with Gasteiger partial charge in [0.05, 0.1) is 23.9 Å². The van der Waals surface area contributed by atoms with E-state index in [0.29, 0.717) is 0 Å². The molecule has 0 saturated carbocycles. The third-order valence-electron chi connectivity index (χ3n) is 7.79. The zero-order valence-electron chi connectivity index (χ0n) is 24.9.